The van der Waals surface area contributed by atoms with Crippen molar-refractivity contribution < 1.29 is 18.8 Å². The van der Waals surface area contributed by atoms with Gasteiger partial charge in [-0.25, -0.2) is 14.1 Å². The number of amides is 4. The molecular formula is C26H20BrFN2O3. The van der Waals surface area contributed by atoms with E-state index < -0.39 is 17.8 Å². The monoisotopic (exact) mass is 506 g/mol. The molecule has 0 unspecified atom stereocenters. The topological polar surface area (TPSA) is 66.5 Å². The Bertz CT molecular complexity index is 1330. The summed E-state index contributed by atoms with van der Waals surface area (Å²) in [5.74, 6) is -1.73. The van der Waals surface area contributed by atoms with Crippen LogP contribution in [0.25, 0.3) is 6.08 Å². The van der Waals surface area contributed by atoms with Gasteiger partial charge in [0.1, 0.15) is 11.4 Å². The molecule has 1 heterocycles. The minimum absolute atomic E-state index is 0.151. The quantitative estimate of drug-likeness (QED) is 0.377. The number of nitrogens with one attached hydrogen (secondary N) is 1. The van der Waals surface area contributed by atoms with Gasteiger partial charge in [0.2, 0.25) is 0 Å². The SMILES string of the molecule is Cc1ccc(N2C(=O)NC(=O)/C(=C\c3ccc(Cc4ccccc4F)c(Br)c3)C2=O)cc1C. The van der Waals surface area contributed by atoms with E-state index in [1.54, 1.807) is 48.5 Å². The zero-order valence-corrected chi connectivity index (χ0v) is 19.6. The normalized spacial score (nSPS) is 15.2. The summed E-state index contributed by atoms with van der Waals surface area (Å²) in [4.78, 5) is 38.9. The first kappa shape index (κ1) is 22.6. The average Bonchev–Trinajstić information content (AvgIpc) is 2.76. The molecule has 1 N–H and O–H groups in total. The number of nitrogens with zero attached hydrogens (tertiary/aromatic N) is 1. The van der Waals surface area contributed by atoms with Crippen molar-refractivity contribution in [3.63, 3.8) is 0 Å². The molecular weight excluding hydrogens is 487 g/mol. The Morgan fingerprint density at radius 3 is 2.39 bits per heavy atom. The molecule has 0 aromatic heterocycles. The van der Waals surface area contributed by atoms with Gasteiger partial charge in [0, 0.05) is 10.9 Å². The van der Waals surface area contributed by atoms with Crippen LogP contribution in [-0.2, 0) is 16.0 Å². The molecule has 7 heteroatoms. The van der Waals surface area contributed by atoms with Crippen molar-refractivity contribution in [1.82, 2.24) is 5.32 Å². The predicted octanol–water partition coefficient (Wildman–Crippen LogP) is 5.46. The summed E-state index contributed by atoms with van der Waals surface area (Å²) >= 11 is 3.50. The lowest BCUT2D eigenvalue weighted by molar-refractivity contribution is -0.122. The van der Waals surface area contributed by atoms with E-state index in [-0.39, 0.29) is 11.4 Å². The molecule has 1 fully saturated rings. The molecule has 4 rings (SSSR count). The number of carbonyl (C=O) groups is 3. The van der Waals surface area contributed by atoms with Gasteiger partial charge in [-0.2, -0.15) is 0 Å². The van der Waals surface area contributed by atoms with E-state index >= 15 is 0 Å². The van der Waals surface area contributed by atoms with Gasteiger partial charge in [-0.1, -0.05) is 52.3 Å². The van der Waals surface area contributed by atoms with Crippen LogP contribution in [0.3, 0.4) is 0 Å². The van der Waals surface area contributed by atoms with E-state index in [0.29, 0.717) is 27.7 Å². The summed E-state index contributed by atoms with van der Waals surface area (Å²) in [6.07, 6.45) is 1.83. The van der Waals surface area contributed by atoms with Crippen LogP contribution in [-0.4, -0.2) is 17.8 Å². The molecule has 0 radical (unpaired) electrons. The predicted molar refractivity (Wildman–Crippen MR) is 128 cm³/mol. The van der Waals surface area contributed by atoms with Gasteiger partial charge in [-0.3, -0.25) is 14.9 Å². The highest BCUT2D eigenvalue weighted by Gasteiger charge is 2.36. The van der Waals surface area contributed by atoms with E-state index in [2.05, 4.69) is 21.2 Å². The summed E-state index contributed by atoms with van der Waals surface area (Å²) in [5, 5.41) is 2.23. The lowest BCUT2D eigenvalue weighted by Gasteiger charge is -2.26. The maximum atomic E-state index is 14.0. The second-order valence-corrected chi connectivity index (χ2v) is 8.70. The van der Waals surface area contributed by atoms with E-state index in [4.69, 9.17) is 0 Å². The minimum atomic E-state index is -0.785. The Balaban J connectivity index is 1.64. The first-order valence-electron chi connectivity index (χ1n) is 10.2. The number of anilines is 1. The third-order valence-electron chi connectivity index (χ3n) is 5.58. The molecule has 3 aromatic rings. The maximum Gasteiger partial charge on any atom is 0.335 e. The lowest BCUT2D eigenvalue weighted by Crippen LogP contribution is -2.54. The summed E-state index contributed by atoms with van der Waals surface area (Å²) in [6, 6.07) is 16.3. The Labute approximate surface area is 199 Å². The van der Waals surface area contributed by atoms with Crippen molar-refractivity contribution >= 4 is 45.5 Å². The van der Waals surface area contributed by atoms with Gasteiger partial charge in [0.15, 0.2) is 0 Å². The van der Waals surface area contributed by atoms with Crippen LogP contribution in [0.5, 0.6) is 0 Å². The average molecular weight is 507 g/mol. The smallest absolute Gasteiger partial charge is 0.273 e. The number of barbiturate groups is 1. The standard InChI is InChI=1S/C26H20BrFN2O3/c1-15-7-10-20(11-16(15)2)30-25(32)21(24(31)29-26(30)33)12-17-8-9-18(22(27)13-17)14-19-5-3-4-6-23(19)28/h3-13H,14H2,1-2H3,(H,29,31,33)/b21-12+. The van der Waals surface area contributed by atoms with Crippen LogP contribution in [0.1, 0.15) is 27.8 Å². The van der Waals surface area contributed by atoms with Crippen molar-refractivity contribution in [2.75, 3.05) is 4.90 Å². The van der Waals surface area contributed by atoms with E-state index in [1.807, 2.05) is 19.9 Å². The van der Waals surface area contributed by atoms with Crippen LogP contribution < -0.4 is 10.2 Å². The number of carbonyl (C=O) groups excluding carboxylic acids is 3. The van der Waals surface area contributed by atoms with Crippen LogP contribution >= 0.6 is 15.9 Å². The largest absolute Gasteiger partial charge is 0.335 e. The number of benzene rings is 3. The molecule has 0 saturated carbocycles. The van der Waals surface area contributed by atoms with Crippen molar-refractivity contribution in [3.8, 4) is 0 Å². The summed E-state index contributed by atoms with van der Waals surface area (Å²) in [5.41, 5.74) is 4.19. The van der Waals surface area contributed by atoms with Crippen LogP contribution in [0.15, 0.2) is 70.7 Å². The minimum Gasteiger partial charge on any atom is -0.273 e. The number of rotatable bonds is 4. The molecule has 1 saturated heterocycles. The second-order valence-electron chi connectivity index (χ2n) is 7.85. The van der Waals surface area contributed by atoms with E-state index in [0.717, 1.165) is 21.6 Å². The van der Waals surface area contributed by atoms with Crippen molar-refractivity contribution in [2.45, 2.75) is 20.3 Å². The Kier molecular flexibility index (Phi) is 6.24. The Morgan fingerprint density at radius 2 is 1.70 bits per heavy atom. The van der Waals surface area contributed by atoms with Crippen molar-refractivity contribution in [2.24, 2.45) is 0 Å². The van der Waals surface area contributed by atoms with E-state index in [9.17, 15) is 18.8 Å². The van der Waals surface area contributed by atoms with Crippen molar-refractivity contribution in [1.29, 1.82) is 0 Å². The molecule has 1 aliphatic rings. The third-order valence-corrected chi connectivity index (χ3v) is 6.32. The zero-order valence-electron chi connectivity index (χ0n) is 18.0. The molecule has 0 atom stereocenters. The highest BCUT2D eigenvalue weighted by molar-refractivity contribution is 9.10. The first-order valence-corrected chi connectivity index (χ1v) is 11.0. The van der Waals surface area contributed by atoms with Crippen LogP contribution in [0.4, 0.5) is 14.9 Å². The lowest BCUT2D eigenvalue weighted by atomic mass is 10.0. The molecule has 0 aliphatic carbocycles. The summed E-state index contributed by atoms with van der Waals surface area (Å²) < 4.78 is 14.7. The molecule has 0 spiro atoms. The highest BCUT2D eigenvalue weighted by atomic mass is 79.9. The number of aryl methyl sites for hydroxylation is 2. The van der Waals surface area contributed by atoms with Crippen LogP contribution in [0, 0.1) is 19.7 Å². The van der Waals surface area contributed by atoms with Crippen LogP contribution in [0.2, 0.25) is 0 Å². The fraction of sp³-hybridized carbons (Fsp3) is 0.115. The Hall–Kier alpha value is -3.58. The molecule has 0 bridgehead atoms. The van der Waals surface area contributed by atoms with Gasteiger partial charge in [-0.05, 0) is 72.0 Å². The van der Waals surface area contributed by atoms with Crippen molar-refractivity contribution in [3.05, 3.63) is 104 Å². The van der Waals surface area contributed by atoms with Gasteiger partial charge in [-0.15, -0.1) is 0 Å². The zero-order chi connectivity index (χ0) is 23.7. The molecule has 33 heavy (non-hydrogen) atoms. The number of imide groups is 2. The number of hydrogen-bond acceptors (Lipinski definition) is 3. The fourth-order valence-corrected chi connectivity index (χ4v) is 4.10. The second kappa shape index (κ2) is 9.11. The number of halogens is 2. The van der Waals surface area contributed by atoms with Gasteiger partial charge in [0.25, 0.3) is 11.8 Å². The molecule has 5 nitrogen and oxygen atoms in total. The first-order chi connectivity index (χ1) is 15.7. The summed E-state index contributed by atoms with van der Waals surface area (Å²) in [6.45, 7) is 3.81. The van der Waals surface area contributed by atoms with Gasteiger partial charge < -0.3 is 0 Å². The fourth-order valence-electron chi connectivity index (χ4n) is 3.57. The summed E-state index contributed by atoms with van der Waals surface area (Å²) in [7, 11) is 0. The van der Waals surface area contributed by atoms with E-state index in [1.165, 1.54) is 12.1 Å². The molecule has 4 amide bonds. The van der Waals surface area contributed by atoms with Gasteiger partial charge >= 0.3 is 6.03 Å². The highest BCUT2D eigenvalue weighted by Crippen LogP contribution is 2.27. The number of hydrogen-bond donors (Lipinski definition) is 1. The molecule has 166 valence electrons. The van der Waals surface area contributed by atoms with Gasteiger partial charge in [0.05, 0.1) is 5.69 Å². The third kappa shape index (κ3) is 4.64. The molecule has 3 aromatic carbocycles. The Morgan fingerprint density at radius 1 is 0.939 bits per heavy atom. The maximum absolute atomic E-state index is 14.0. The number of urea groups is 1. The molecule has 1 aliphatic heterocycles.